The lowest BCUT2D eigenvalue weighted by atomic mass is 10.1. The molecule has 116 valence electrons. The van der Waals surface area contributed by atoms with Crippen molar-refractivity contribution in [1.82, 2.24) is 4.90 Å². The SMILES string of the molecule is N#Cc1ccc(N2CCCN(C(=O)[C@H]3CCOC3)CC2)cc1. The van der Waals surface area contributed by atoms with E-state index in [0.29, 0.717) is 18.8 Å². The largest absolute Gasteiger partial charge is 0.381 e. The summed E-state index contributed by atoms with van der Waals surface area (Å²) < 4.78 is 5.33. The molecule has 2 aliphatic heterocycles. The fourth-order valence-electron chi connectivity index (χ4n) is 3.13. The Balaban J connectivity index is 1.61. The van der Waals surface area contributed by atoms with Crippen LogP contribution in [-0.2, 0) is 9.53 Å². The van der Waals surface area contributed by atoms with Crippen molar-refractivity contribution >= 4 is 11.6 Å². The minimum Gasteiger partial charge on any atom is -0.381 e. The summed E-state index contributed by atoms with van der Waals surface area (Å²) in [5, 5.41) is 8.87. The van der Waals surface area contributed by atoms with Gasteiger partial charge in [-0.15, -0.1) is 0 Å². The smallest absolute Gasteiger partial charge is 0.228 e. The third-order valence-electron chi connectivity index (χ3n) is 4.45. The van der Waals surface area contributed by atoms with Gasteiger partial charge < -0.3 is 14.5 Å². The van der Waals surface area contributed by atoms with Crippen molar-refractivity contribution in [2.24, 2.45) is 5.92 Å². The standard InChI is InChI=1S/C17H21N3O2/c18-12-14-2-4-16(5-3-14)19-7-1-8-20(10-9-19)17(21)15-6-11-22-13-15/h2-5,15H,1,6-11,13H2/t15-/m0/s1. The predicted octanol–water partition coefficient (Wildman–Crippen LogP) is 1.63. The van der Waals surface area contributed by atoms with Gasteiger partial charge in [-0.1, -0.05) is 0 Å². The fourth-order valence-corrected chi connectivity index (χ4v) is 3.13. The van der Waals surface area contributed by atoms with E-state index in [2.05, 4.69) is 11.0 Å². The monoisotopic (exact) mass is 299 g/mol. The molecule has 0 bridgehead atoms. The number of rotatable bonds is 2. The number of amides is 1. The maximum atomic E-state index is 12.5. The summed E-state index contributed by atoms with van der Waals surface area (Å²) >= 11 is 0. The van der Waals surface area contributed by atoms with Crippen molar-refractivity contribution in [2.75, 3.05) is 44.3 Å². The molecule has 2 fully saturated rings. The van der Waals surface area contributed by atoms with Crippen LogP contribution in [0.4, 0.5) is 5.69 Å². The van der Waals surface area contributed by atoms with Crippen molar-refractivity contribution in [2.45, 2.75) is 12.8 Å². The molecule has 2 saturated heterocycles. The number of nitrogens with zero attached hydrogens (tertiary/aromatic N) is 3. The number of carbonyl (C=O) groups excluding carboxylic acids is 1. The molecule has 1 aromatic carbocycles. The Labute approximate surface area is 131 Å². The second kappa shape index (κ2) is 6.80. The number of hydrogen-bond acceptors (Lipinski definition) is 4. The molecule has 0 unspecified atom stereocenters. The number of anilines is 1. The van der Waals surface area contributed by atoms with Crippen LogP contribution in [0, 0.1) is 17.2 Å². The van der Waals surface area contributed by atoms with E-state index in [9.17, 15) is 4.79 Å². The topological polar surface area (TPSA) is 56.6 Å². The van der Waals surface area contributed by atoms with Gasteiger partial charge in [-0.05, 0) is 37.1 Å². The lowest BCUT2D eigenvalue weighted by Gasteiger charge is -2.25. The zero-order valence-electron chi connectivity index (χ0n) is 12.7. The molecule has 0 N–H and O–H groups in total. The number of carbonyl (C=O) groups is 1. The molecule has 0 aliphatic carbocycles. The summed E-state index contributed by atoms with van der Waals surface area (Å²) in [6.07, 6.45) is 1.83. The van der Waals surface area contributed by atoms with Gasteiger partial charge in [0.15, 0.2) is 0 Å². The Kier molecular flexibility index (Phi) is 4.59. The highest BCUT2D eigenvalue weighted by atomic mass is 16.5. The summed E-state index contributed by atoms with van der Waals surface area (Å²) in [6.45, 7) is 4.65. The zero-order valence-corrected chi connectivity index (χ0v) is 12.7. The minimum atomic E-state index is 0.0569. The maximum Gasteiger partial charge on any atom is 0.228 e. The van der Waals surface area contributed by atoms with Crippen molar-refractivity contribution in [3.05, 3.63) is 29.8 Å². The second-order valence-electron chi connectivity index (χ2n) is 5.89. The number of ether oxygens (including phenoxy) is 1. The highest BCUT2D eigenvalue weighted by Crippen LogP contribution is 2.20. The first-order valence-corrected chi connectivity index (χ1v) is 7.89. The molecular weight excluding hydrogens is 278 g/mol. The molecule has 5 heteroatoms. The highest BCUT2D eigenvalue weighted by Gasteiger charge is 2.29. The van der Waals surface area contributed by atoms with E-state index >= 15 is 0 Å². The van der Waals surface area contributed by atoms with Crippen LogP contribution in [0.15, 0.2) is 24.3 Å². The van der Waals surface area contributed by atoms with Crippen molar-refractivity contribution in [3.8, 4) is 6.07 Å². The molecule has 1 amide bonds. The Morgan fingerprint density at radius 1 is 1.18 bits per heavy atom. The molecular formula is C17H21N3O2. The van der Waals surface area contributed by atoms with E-state index in [1.54, 1.807) is 0 Å². The molecule has 3 rings (SSSR count). The van der Waals surface area contributed by atoms with Gasteiger partial charge in [0.2, 0.25) is 5.91 Å². The van der Waals surface area contributed by atoms with Gasteiger partial charge in [0.05, 0.1) is 24.2 Å². The molecule has 22 heavy (non-hydrogen) atoms. The van der Waals surface area contributed by atoms with E-state index in [1.165, 1.54) is 0 Å². The van der Waals surface area contributed by atoms with E-state index in [4.69, 9.17) is 10.00 Å². The van der Waals surface area contributed by atoms with Gasteiger partial charge in [-0.3, -0.25) is 4.79 Å². The first-order chi connectivity index (χ1) is 10.8. The molecule has 2 heterocycles. The number of hydrogen-bond donors (Lipinski definition) is 0. The van der Waals surface area contributed by atoms with Crippen molar-refractivity contribution < 1.29 is 9.53 Å². The van der Waals surface area contributed by atoms with Gasteiger partial charge in [-0.2, -0.15) is 5.26 Å². The van der Waals surface area contributed by atoms with Crippen LogP contribution in [0.5, 0.6) is 0 Å². The molecule has 1 atom stereocenters. The average molecular weight is 299 g/mol. The normalized spacial score (nSPS) is 22.2. The third kappa shape index (κ3) is 3.23. The molecule has 0 aromatic heterocycles. The molecule has 0 radical (unpaired) electrons. The van der Waals surface area contributed by atoms with Gasteiger partial charge >= 0.3 is 0 Å². The molecule has 2 aliphatic rings. The van der Waals surface area contributed by atoms with Gasteiger partial charge in [0, 0.05) is 38.5 Å². The molecule has 0 spiro atoms. The van der Waals surface area contributed by atoms with E-state index in [1.807, 2.05) is 29.2 Å². The van der Waals surface area contributed by atoms with Gasteiger partial charge in [0.1, 0.15) is 0 Å². The zero-order chi connectivity index (χ0) is 15.4. The Hall–Kier alpha value is -2.06. The van der Waals surface area contributed by atoms with Gasteiger partial charge in [0.25, 0.3) is 0 Å². The lowest BCUT2D eigenvalue weighted by molar-refractivity contribution is -0.135. The second-order valence-corrected chi connectivity index (χ2v) is 5.89. The number of nitriles is 1. The summed E-state index contributed by atoms with van der Waals surface area (Å²) in [6, 6.07) is 9.81. The quantitative estimate of drug-likeness (QED) is 0.833. The summed E-state index contributed by atoms with van der Waals surface area (Å²) in [4.78, 5) is 16.8. The average Bonchev–Trinajstić information content (AvgIpc) is 2.99. The first-order valence-electron chi connectivity index (χ1n) is 7.89. The van der Waals surface area contributed by atoms with E-state index in [-0.39, 0.29) is 11.8 Å². The molecule has 0 saturated carbocycles. The van der Waals surface area contributed by atoms with Crippen molar-refractivity contribution in [1.29, 1.82) is 5.26 Å². The summed E-state index contributed by atoms with van der Waals surface area (Å²) in [5.41, 5.74) is 1.80. The highest BCUT2D eigenvalue weighted by molar-refractivity contribution is 5.79. The van der Waals surface area contributed by atoms with E-state index in [0.717, 1.165) is 44.7 Å². The third-order valence-corrected chi connectivity index (χ3v) is 4.45. The van der Waals surface area contributed by atoms with Crippen LogP contribution in [0.3, 0.4) is 0 Å². The lowest BCUT2D eigenvalue weighted by Crippen LogP contribution is -2.39. The summed E-state index contributed by atoms with van der Waals surface area (Å²) in [7, 11) is 0. The van der Waals surface area contributed by atoms with Crippen LogP contribution >= 0.6 is 0 Å². The Morgan fingerprint density at radius 3 is 2.68 bits per heavy atom. The van der Waals surface area contributed by atoms with Crippen LogP contribution in [-0.4, -0.2) is 50.2 Å². The molecule has 5 nitrogen and oxygen atoms in total. The fraction of sp³-hybridized carbons (Fsp3) is 0.529. The predicted molar refractivity (Wildman–Crippen MR) is 83.5 cm³/mol. The minimum absolute atomic E-state index is 0.0569. The Bertz CT molecular complexity index is 558. The van der Waals surface area contributed by atoms with Crippen LogP contribution in [0.1, 0.15) is 18.4 Å². The van der Waals surface area contributed by atoms with Crippen LogP contribution in [0.2, 0.25) is 0 Å². The van der Waals surface area contributed by atoms with Crippen LogP contribution < -0.4 is 4.90 Å². The van der Waals surface area contributed by atoms with E-state index < -0.39 is 0 Å². The van der Waals surface area contributed by atoms with Gasteiger partial charge in [-0.25, -0.2) is 0 Å². The number of benzene rings is 1. The van der Waals surface area contributed by atoms with Crippen molar-refractivity contribution in [3.63, 3.8) is 0 Å². The van der Waals surface area contributed by atoms with Crippen LogP contribution in [0.25, 0.3) is 0 Å². The maximum absolute atomic E-state index is 12.5. The first kappa shape index (κ1) is 14.9. The molecule has 1 aromatic rings. The Morgan fingerprint density at radius 2 is 2.00 bits per heavy atom. The summed E-state index contributed by atoms with van der Waals surface area (Å²) in [5.74, 6) is 0.306.